The number of anilines is 3. The van der Waals surface area contributed by atoms with E-state index < -0.39 is 22.5 Å². The number of aryl methyl sites for hydroxylation is 2. The highest BCUT2D eigenvalue weighted by molar-refractivity contribution is 7.85. The van der Waals surface area contributed by atoms with Crippen LogP contribution in [0.2, 0.25) is 0 Å². The highest BCUT2D eigenvalue weighted by atomic mass is 32.2. The Kier molecular flexibility index (Phi) is 7.02. The van der Waals surface area contributed by atoms with E-state index in [2.05, 4.69) is 20.5 Å². The van der Waals surface area contributed by atoms with Crippen LogP contribution in [0.4, 0.5) is 30.8 Å². The number of aromatic amines is 1. The number of halogens is 3. The fraction of sp³-hybridized carbons (Fsp3) is 0.263. The third kappa shape index (κ3) is 5.35. The molecular formula is C19H22F3N5OS. The number of nitrogens with zero attached hydrogens (tertiary/aromatic N) is 2. The van der Waals surface area contributed by atoms with Crippen LogP contribution >= 0.6 is 0 Å². The lowest BCUT2D eigenvalue weighted by molar-refractivity contribution is -0.137. The fourth-order valence-corrected chi connectivity index (χ4v) is 3.98. The molecule has 0 aliphatic carbocycles. The van der Waals surface area contributed by atoms with Gasteiger partial charge in [-0.15, -0.1) is 5.10 Å². The molecule has 1 heterocycles. The molecule has 0 aliphatic heterocycles. The van der Waals surface area contributed by atoms with Gasteiger partial charge in [0.25, 0.3) is 0 Å². The molecule has 2 aromatic carbocycles. The van der Waals surface area contributed by atoms with Crippen LogP contribution in [-0.4, -0.2) is 19.4 Å². The molecule has 10 heteroatoms. The maximum absolute atomic E-state index is 12.9. The van der Waals surface area contributed by atoms with Crippen molar-refractivity contribution in [3.8, 4) is 0 Å². The summed E-state index contributed by atoms with van der Waals surface area (Å²) in [6.45, 7) is 7.56. The molecule has 0 amide bonds. The van der Waals surface area contributed by atoms with Crippen LogP contribution in [0.3, 0.4) is 0 Å². The van der Waals surface area contributed by atoms with Gasteiger partial charge in [0, 0.05) is 15.5 Å². The minimum atomic E-state index is -4.43. The fourth-order valence-electron chi connectivity index (χ4n) is 2.66. The second-order valence-corrected chi connectivity index (χ2v) is 7.32. The Bertz CT molecular complexity index is 977. The van der Waals surface area contributed by atoms with Gasteiger partial charge >= 0.3 is 6.18 Å². The molecule has 29 heavy (non-hydrogen) atoms. The van der Waals surface area contributed by atoms with Gasteiger partial charge in [0.2, 0.25) is 11.9 Å². The van der Waals surface area contributed by atoms with Gasteiger partial charge in [0.1, 0.15) is 0 Å². The van der Waals surface area contributed by atoms with E-state index in [0.717, 1.165) is 23.3 Å². The zero-order chi connectivity index (χ0) is 21.8. The van der Waals surface area contributed by atoms with E-state index >= 15 is 0 Å². The summed E-state index contributed by atoms with van der Waals surface area (Å²) in [7, 11) is -1.61. The number of H-pyrrole nitrogens is 1. The summed E-state index contributed by atoms with van der Waals surface area (Å²) >= 11 is 0. The highest BCUT2D eigenvalue weighted by Crippen LogP contribution is 2.32. The summed E-state index contributed by atoms with van der Waals surface area (Å²) in [5.41, 5.74) is 6.82. The zero-order valence-corrected chi connectivity index (χ0v) is 17.2. The van der Waals surface area contributed by atoms with Crippen LogP contribution in [0.25, 0.3) is 0 Å². The predicted molar refractivity (Wildman–Crippen MR) is 107 cm³/mol. The molecule has 3 aromatic rings. The Balaban J connectivity index is 0.00000145. The number of hydrogen-bond acceptors (Lipinski definition) is 5. The standard InChI is InChI=1S/C17H16F3N5OS.C2H6/c1-9-7-12(22-16-23-15(21)24-25-16)8-10(2)14(9)27(26)13-5-3-11(4-6-13)17(18,19)20;1-2/h3-8H,1-2H3,(H4,21,22,23,24,25);1-2H3. The van der Waals surface area contributed by atoms with E-state index in [-0.39, 0.29) is 5.95 Å². The number of aromatic nitrogens is 3. The lowest BCUT2D eigenvalue weighted by Crippen LogP contribution is -2.05. The highest BCUT2D eigenvalue weighted by Gasteiger charge is 2.30. The first kappa shape index (κ1) is 22.4. The molecule has 3 rings (SSSR count). The van der Waals surface area contributed by atoms with Crippen molar-refractivity contribution in [2.75, 3.05) is 11.1 Å². The summed E-state index contributed by atoms with van der Waals surface area (Å²) in [5, 5.41) is 9.37. The molecule has 0 spiro atoms. The van der Waals surface area contributed by atoms with E-state index in [1.165, 1.54) is 12.1 Å². The molecule has 0 saturated carbocycles. The first-order valence-corrected chi connectivity index (χ1v) is 9.95. The third-order valence-corrected chi connectivity index (χ3v) is 5.52. The number of benzene rings is 2. The van der Waals surface area contributed by atoms with E-state index in [1.807, 2.05) is 13.8 Å². The maximum Gasteiger partial charge on any atom is 0.416 e. The number of hydrogen-bond donors (Lipinski definition) is 3. The van der Waals surface area contributed by atoms with E-state index in [1.54, 1.807) is 26.0 Å². The second-order valence-electron chi connectivity index (χ2n) is 5.90. The number of rotatable bonds is 4. The normalized spacial score (nSPS) is 12.1. The average Bonchev–Trinajstić information content (AvgIpc) is 3.07. The third-order valence-electron chi connectivity index (χ3n) is 3.80. The van der Waals surface area contributed by atoms with Gasteiger partial charge in [-0.2, -0.15) is 18.2 Å². The van der Waals surface area contributed by atoms with E-state index in [4.69, 9.17) is 5.73 Å². The van der Waals surface area contributed by atoms with Crippen molar-refractivity contribution in [3.05, 3.63) is 53.1 Å². The quantitative estimate of drug-likeness (QED) is 0.549. The Morgan fingerprint density at radius 1 is 1.07 bits per heavy atom. The first-order chi connectivity index (χ1) is 13.6. The Labute approximate surface area is 169 Å². The van der Waals surface area contributed by atoms with Crippen molar-refractivity contribution >= 4 is 28.4 Å². The molecule has 1 aromatic heterocycles. The molecule has 0 saturated heterocycles. The van der Waals surface area contributed by atoms with Crippen LogP contribution < -0.4 is 11.1 Å². The SMILES string of the molecule is CC.Cc1cc(Nc2n[nH]c(N)n2)cc(C)c1S(=O)c1ccc(C(F)(F)F)cc1. The minimum Gasteiger partial charge on any atom is -0.368 e. The molecular weight excluding hydrogens is 403 g/mol. The van der Waals surface area contributed by atoms with Crippen molar-refractivity contribution in [3.63, 3.8) is 0 Å². The van der Waals surface area contributed by atoms with Gasteiger partial charge in [-0.3, -0.25) is 0 Å². The Hall–Kier alpha value is -2.88. The summed E-state index contributed by atoms with van der Waals surface area (Å²) < 4.78 is 51.0. The minimum absolute atomic E-state index is 0.172. The first-order valence-electron chi connectivity index (χ1n) is 8.80. The topological polar surface area (TPSA) is 96.7 Å². The van der Waals surface area contributed by atoms with Crippen LogP contribution in [0.5, 0.6) is 0 Å². The summed E-state index contributed by atoms with van der Waals surface area (Å²) in [4.78, 5) is 4.80. The summed E-state index contributed by atoms with van der Waals surface area (Å²) in [5.74, 6) is 0.467. The predicted octanol–water partition coefficient (Wildman–Crippen LogP) is 4.96. The maximum atomic E-state index is 12.9. The molecule has 4 N–H and O–H groups in total. The van der Waals surface area contributed by atoms with Crippen molar-refractivity contribution in [1.82, 2.24) is 15.2 Å². The van der Waals surface area contributed by atoms with Crippen molar-refractivity contribution in [2.24, 2.45) is 0 Å². The largest absolute Gasteiger partial charge is 0.416 e. The molecule has 1 atom stereocenters. The average molecular weight is 425 g/mol. The smallest absolute Gasteiger partial charge is 0.368 e. The summed E-state index contributed by atoms with van der Waals surface area (Å²) in [6, 6.07) is 7.86. The molecule has 156 valence electrons. The molecule has 6 nitrogen and oxygen atoms in total. The summed E-state index contributed by atoms with van der Waals surface area (Å²) in [6.07, 6.45) is -4.43. The van der Waals surface area contributed by atoms with Gasteiger partial charge in [0.15, 0.2) is 0 Å². The lowest BCUT2D eigenvalue weighted by Gasteiger charge is -2.13. The monoisotopic (exact) mass is 425 g/mol. The lowest BCUT2D eigenvalue weighted by atomic mass is 10.1. The van der Waals surface area contributed by atoms with Crippen molar-refractivity contribution < 1.29 is 17.4 Å². The molecule has 0 fully saturated rings. The number of nitrogen functional groups attached to an aromatic ring is 1. The molecule has 1 unspecified atom stereocenters. The van der Waals surface area contributed by atoms with Gasteiger partial charge in [0.05, 0.1) is 16.4 Å². The molecule has 0 bridgehead atoms. The Morgan fingerprint density at radius 2 is 1.62 bits per heavy atom. The van der Waals surface area contributed by atoms with E-state index in [9.17, 15) is 17.4 Å². The van der Waals surface area contributed by atoms with Gasteiger partial charge in [-0.1, -0.05) is 13.8 Å². The van der Waals surface area contributed by atoms with Gasteiger partial charge in [-0.25, -0.2) is 9.31 Å². The number of nitrogens with two attached hydrogens (primary N) is 1. The van der Waals surface area contributed by atoms with E-state index in [0.29, 0.717) is 21.4 Å². The molecule has 0 aliphatic rings. The zero-order valence-electron chi connectivity index (χ0n) is 16.4. The van der Waals surface area contributed by atoms with Crippen molar-refractivity contribution in [2.45, 2.75) is 43.7 Å². The van der Waals surface area contributed by atoms with Crippen molar-refractivity contribution in [1.29, 1.82) is 0 Å². The van der Waals surface area contributed by atoms with Crippen LogP contribution in [0.15, 0.2) is 46.2 Å². The second kappa shape index (κ2) is 9.08. The number of alkyl halides is 3. The van der Waals surface area contributed by atoms with Gasteiger partial charge in [-0.05, 0) is 61.4 Å². The Morgan fingerprint density at radius 3 is 2.07 bits per heavy atom. The van der Waals surface area contributed by atoms with Crippen LogP contribution in [0, 0.1) is 13.8 Å². The van der Waals surface area contributed by atoms with Crippen LogP contribution in [0.1, 0.15) is 30.5 Å². The van der Waals surface area contributed by atoms with Gasteiger partial charge < -0.3 is 11.1 Å². The number of nitrogens with one attached hydrogen (secondary N) is 2. The molecule has 0 radical (unpaired) electrons. The van der Waals surface area contributed by atoms with Crippen LogP contribution in [-0.2, 0) is 17.0 Å².